The Morgan fingerprint density at radius 3 is 2.24 bits per heavy atom. The van der Waals surface area contributed by atoms with Gasteiger partial charge in [-0.1, -0.05) is 12.1 Å². The molecule has 38 heavy (non-hydrogen) atoms. The van der Waals surface area contributed by atoms with Crippen molar-refractivity contribution in [1.82, 2.24) is 4.98 Å². The van der Waals surface area contributed by atoms with E-state index in [9.17, 15) is 9.59 Å². The standard InChI is InChI=1S/C28H27N3O5S2/c1-17(26(32)31-28-30-22(16-37-28)18-11-13-20(34-2)14-12-18)38-21-8-5-7-19(15-21)29-27(33)25-23(35-3)9-6-10-24(25)36-4/h5-17H,1-4H3,(H,29,33)(H,30,31,32). The maximum Gasteiger partial charge on any atom is 0.263 e. The first kappa shape index (κ1) is 27.0. The SMILES string of the molecule is COc1ccc(-c2csc(NC(=O)C(C)Sc3cccc(NC(=O)c4c(OC)cccc4OC)c3)n2)cc1. The number of thioether (sulfide) groups is 1. The molecule has 1 atom stereocenters. The molecule has 3 aromatic carbocycles. The van der Waals surface area contributed by atoms with Gasteiger partial charge in [0.1, 0.15) is 22.8 Å². The van der Waals surface area contributed by atoms with Gasteiger partial charge in [-0.25, -0.2) is 4.98 Å². The van der Waals surface area contributed by atoms with Crippen LogP contribution in [0.15, 0.2) is 77.0 Å². The van der Waals surface area contributed by atoms with Crippen molar-refractivity contribution in [3.8, 4) is 28.5 Å². The monoisotopic (exact) mass is 549 g/mol. The molecular weight excluding hydrogens is 522 g/mol. The number of anilines is 2. The molecule has 196 valence electrons. The summed E-state index contributed by atoms with van der Waals surface area (Å²) in [5.41, 5.74) is 2.61. The smallest absolute Gasteiger partial charge is 0.263 e. The fourth-order valence-corrected chi connectivity index (χ4v) is 5.25. The van der Waals surface area contributed by atoms with Crippen molar-refractivity contribution < 1.29 is 23.8 Å². The topological polar surface area (TPSA) is 98.8 Å². The molecule has 0 spiro atoms. The number of methoxy groups -OCH3 is 3. The van der Waals surface area contributed by atoms with Gasteiger partial charge in [0.05, 0.1) is 32.3 Å². The molecule has 1 unspecified atom stereocenters. The Morgan fingerprint density at radius 1 is 0.895 bits per heavy atom. The Kier molecular flexibility index (Phi) is 8.88. The van der Waals surface area contributed by atoms with E-state index in [1.807, 2.05) is 54.8 Å². The first-order valence-electron chi connectivity index (χ1n) is 11.6. The molecule has 1 heterocycles. The number of nitrogens with one attached hydrogen (secondary N) is 2. The number of hydrogen-bond donors (Lipinski definition) is 2. The van der Waals surface area contributed by atoms with Gasteiger partial charge in [0.15, 0.2) is 5.13 Å². The van der Waals surface area contributed by atoms with Crippen molar-refractivity contribution in [3.63, 3.8) is 0 Å². The van der Waals surface area contributed by atoms with Gasteiger partial charge in [0.25, 0.3) is 5.91 Å². The van der Waals surface area contributed by atoms with Crippen molar-refractivity contribution in [1.29, 1.82) is 0 Å². The molecule has 0 fully saturated rings. The van der Waals surface area contributed by atoms with Gasteiger partial charge >= 0.3 is 0 Å². The van der Waals surface area contributed by atoms with E-state index in [0.29, 0.717) is 27.9 Å². The molecular formula is C28H27N3O5S2. The third-order valence-corrected chi connectivity index (χ3v) is 7.40. The highest BCUT2D eigenvalue weighted by Crippen LogP contribution is 2.31. The maximum atomic E-state index is 13.0. The number of nitrogens with zero attached hydrogens (tertiary/aromatic N) is 1. The lowest BCUT2D eigenvalue weighted by atomic mass is 10.1. The number of carbonyl (C=O) groups excluding carboxylic acids is 2. The van der Waals surface area contributed by atoms with Crippen LogP contribution in [0.5, 0.6) is 17.2 Å². The van der Waals surface area contributed by atoms with Gasteiger partial charge in [-0.3, -0.25) is 9.59 Å². The van der Waals surface area contributed by atoms with Crippen LogP contribution >= 0.6 is 23.1 Å². The average Bonchev–Trinajstić information content (AvgIpc) is 3.41. The minimum absolute atomic E-state index is 0.168. The second-order valence-electron chi connectivity index (χ2n) is 8.04. The Bertz CT molecular complexity index is 1400. The molecule has 2 amide bonds. The average molecular weight is 550 g/mol. The van der Waals surface area contributed by atoms with Crippen LogP contribution in [-0.2, 0) is 4.79 Å². The molecule has 0 aliphatic carbocycles. The Hall–Kier alpha value is -4.02. The molecule has 0 saturated carbocycles. The van der Waals surface area contributed by atoms with E-state index in [1.165, 1.54) is 37.3 Å². The van der Waals surface area contributed by atoms with E-state index >= 15 is 0 Å². The van der Waals surface area contributed by atoms with Gasteiger partial charge in [0.2, 0.25) is 5.91 Å². The van der Waals surface area contributed by atoms with Crippen LogP contribution in [0, 0.1) is 0 Å². The van der Waals surface area contributed by atoms with Crippen LogP contribution in [0.25, 0.3) is 11.3 Å². The zero-order valence-corrected chi connectivity index (χ0v) is 22.9. The van der Waals surface area contributed by atoms with Crippen LogP contribution in [0.2, 0.25) is 0 Å². The molecule has 0 saturated heterocycles. The number of aromatic nitrogens is 1. The lowest BCUT2D eigenvalue weighted by molar-refractivity contribution is -0.115. The van der Waals surface area contributed by atoms with Gasteiger partial charge in [-0.2, -0.15) is 0 Å². The number of thiazole rings is 1. The van der Waals surface area contributed by atoms with Gasteiger partial charge < -0.3 is 24.8 Å². The number of hydrogen-bond acceptors (Lipinski definition) is 8. The lowest BCUT2D eigenvalue weighted by Gasteiger charge is -2.14. The highest BCUT2D eigenvalue weighted by molar-refractivity contribution is 8.00. The largest absolute Gasteiger partial charge is 0.497 e. The van der Waals surface area contributed by atoms with Crippen LogP contribution in [-0.4, -0.2) is 43.4 Å². The van der Waals surface area contributed by atoms with Crippen LogP contribution in [0.1, 0.15) is 17.3 Å². The van der Waals surface area contributed by atoms with Crippen molar-refractivity contribution in [2.45, 2.75) is 17.1 Å². The number of carbonyl (C=O) groups is 2. The highest BCUT2D eigenvalue weighted by Gasteiger charge is 2.20. The molecule has 8 nitrogen and oxygen atoms in total. The Balaban J connectivity index is 1.39. The van der Waals surface area contributed by atoms with Crippen molar-refractivity contribution in [2.24, 2.45) is 0 Å². The molecule has 2 N–H and O–H groups in total. The van der Waals surface area contributed by atoms with Crippen LogP contribution in [0.4, 0.5) is 10.8 Å². The zero-order chi connectivity index (χ0) is 27.1. The van der Waals surface area contributed by atoms with Gasteiger partial charge in [-0.05, 0) is 61.5 Å². The summed E-state index contributed by atoms with van der Waals surface area (Å²) in [6.45, 7) is 1.82. The van der Waals surface area contributed by atoms with E-state index < -0.39 is 5.25 Å². The minimum atomic E-state index is -0.399. The van der Waals surface area contributed by atoms with E-state index in [-0.39, 0.29) is 11.8 Å². The first-order chi connectivity index (χ1) is 18.4. The molecule has 4 rings (SSSR count). The molecule has 0 aliphatic rings. The summed E-state index contributed by atoms with van der Waals surface area (Å²) < 4.78 is 15.9. The fourth-order valence-electron chi connectivity index (χ4n) is 3.61. The Morgan fingerprint density at radius 2 is 1.58 bits per heavy atom. The normalized spacial score (nSPS) is 11.4. The summed E-state index contributed by atoms with van der Waals surface area (Å²) >= 11 is 2.75. The predicted molar refractivity (Wildman–Crippen MR) is 152 cm³/mol. The number of benzene rings is 3. The highest BCUT2D eigenvalue weighted by atomic mass is 32.2. The third kappa shape index (κ3) is 6.45. The fraction of sp³-hybridized carbons (Fsp3) is 0.179. The zero-order valence-electron chi connectivity index (χ0n) is 21.3. The molecule has 10 heteroatoms. The second kappa shape index (κ2) is 12.5. The van der Waals surface area contributed by atoms with Gasteiger partial charge in [-0.15, -0.1) is 23.1 Å². The summed E-state index contributed by atoms with van der Waals surface area (Å²) in [5, 5.41) is 7.81. The number of rotatable bonds is 10. The number of amides is 2. The summed E-state index contributed by atoms with van der Waals surface area (Å²) in [7, 11) is 4.62. The lowest BCUT2D eigenvalue weighted by Crippen LogP contribution is -2.22. The van der Waals surface area contributed by atoms with Crippen molar-refractivity contribution in [3.05, 3.63) is 77.7 Å². The van der Waals surface area contributed by atoms with Crippen LogP contribution < -0.4 is 24.8 Å². The Labute approximate surface area is 229 Å². The molecule has 4 aromatic rings. The second-order valence-corrected chi connectivity index (χ2v) is 10.3. The summed E-state index contributed by atoms with van der Waals surface area (Å²) in [6.07, 6.45) is 0. The van der Waals surface area contributed by atoms with E-state index in [1.54, 1.807) is 31.4 Å². The summed E-state index contributed by atoms with van der Waals surface area (Å²) in [4.78, 5) is 31.2. The minimum Gasteiger partial charge on any atom is -0.497 e. The molecule has 0 aliphatic heterocycles. The predicted octanol–water partition coefficient (Wildman–Crippen LogP) is 6.21. The van der Waals surface area contributed by atoms with E-state index in [2.05, 4.69) is 15.6 Å². The molecule has 0 radical (unpaired) electrons. The first-order valence-corrected chi connectivity index (χ1v) is 13.4. The third-order valence-electron chi connectivity index (χ3n) is 5.55. The molecule has 1 aromatic heterocycles. The summed E-state index contributed by atoms with van der Waals surface area (Å²) in [5.74, 6) is 1.07. The van der Waals surface area contributed by atoms with Gasteiger partial charge in [0, 0.05) is 21.5 Å². The number of ether oxygens (including phenoxy) is 3. The van der Waals surface area contributed by atoms with Crippen molar-refractivity contribution in [2.75, 3.05) is 32.0 Å². The quantitative estimate of drug-likeness (QED) is 0.227. The molecule has 0 bridgehead atoms. The van der Waals surface area contributed by atoms with Crippen LogP contribution in [0.3, 0.4) is 0 Å². The maximum absolute atomic E-state index is 13.0. The summed E-state index contributed by atoms with van der Waals surface area (Å²) in [6, 6.07) is 20.1. The van der Waals surface area contributed by atoms with E-state index in [4.69, 9.17) is 14.2 Å². The van der Waals surface area contributed by atoms with Crippen molar-refractivity contribution >= 4 is 45.7 Å². The van der Waals surface area contributed by atoms with E-state index in [0.717, 1.165) is 21.9 Å².